The van der Waals surface area contributed by atoms with E-state index in [0.717, 1.165) is 0 Å². The summed E-state index contributed by atoms with van der Waals surface area (Å²) in [7, 11) is 1.46. The first-order chi connectivity index (χ1) is 9.92. The van der Waals surface area contributed by atoms with Crippen molar-refractivity contribution in [3.63, 3.8) is 0 Å². The van der Waals surface area contributed by atoms with E-state index in [9.17, 15) is 13.2 Å². The maximum absolute atomic E-state index is 12.7. The largest absolute Gasteiger partial charge is 0.451 e. The lowest BCUT2D eigenvalue weighted by Gasteiger charge is -2.11. The van der Waals surface area contributed by atoms with Crippen LogP contribution in [0, 0.1) is 11.3 Å². The van der Waals surface area contributed by atoms with Crippen molar-refractivity contribution in [1.29, 1.82) is 5.26 Å². The second kappa shape index (κ2) is 5.66. The summed E-state index contributed by atoms with van der Waals surface area (Å²) < 4.78 is 38.2. The molecule has 0 radical (unpaired) electrons. The predicted molar refractivity (Wildman–Crippen MR) is 71.0 cm³/mol. The number of halogens is 3. The summed E-state index contributed by atoms with van der Waals surface area (Å²) in [5.41, 5.74) is 0.849. The maximum atomic E-state index is 12.7. The van der Waals surface area contributed by atoms with E-state index in [1.807, 2.05) is 6.07 Å². The Morgan fingerprint density at radius 1 is 1.14 bits per heavy atom. The predicted octanol–water partition coefficient (Wildman–Crippen LogP) is 3.15. The molecular formula is C13H10F3N5. The van der Waals surface area contributed by atoms with E-state index in [-0.39, 0.29) is 11.6 Å². The van der Waals surface area contributed by atoms with Gasteiger partial charge in [-0.05, 0) is 18.2 Å². The summed E-state index contributed by atoms with van der Waals surface area (Å²) in [6.07, 6.45) is -4.64. The number of anilines is 3. The number of hydrogen-bond donors (Lipinski definition) is 2. The number of aromatic nitrogens is 2. The average molecular weight is 293 g/mol. The molecule has 2 rings (SSSR count). The quantitative estimate of drug-likeness (QED) is 0.909. The Hall–Kier alpha value is -2.82. The maximum Gasteiger partial charge on any atom is 0.451 e. The Bertz CT molecular complexity index is 691. The van der Waals surface area contributed by atoms with Gasteiger partial charge in [-0.15, -0.1) is 0 Å². The SMILES string of the molecule is CNc1cc(Nc2cccc(C#N)c2)nc(C(F)(F)F)n1. The number of hydrogen-bond acceptors (Lipinski definition) is 5. The molecule has 5 nitrogen and oxygen atoms in total. The monoisotopic (exact) mass is 293 g/mol. The van der Waals surface area contributed by atoms with Crippen LogP contribution in [0.2, 0.25) is 0 Å². The summed E-state index contributed by atoms with van der Waals surface area (Å²) in [5, 5.41) is 14.1. The molecule has 0 aliphatic rings. The molecule has 1 aromatic carbocycles. The standard InChI is InChI=1S/C13H10F3N5/c1-18-10-6-11(21-12(20-10)13(14,15)16)19-9-4-2-3-8(5-9)7-17/h2-6H,1H3,(H2,18,19,20,21). The van der Waals surface area contributed by atoms with Crippen molar-refractivity contribution in [3.05, 3.63) is 41.7 Å². The fraction of sp³-hybridized carbons (Fsp3) is 0.154. The third-order valence-corrected chi connectivity index (χ3v) is 2.50. The molecule has 0 aliphatic carbocycles. The molecular weight excluding hydrogens is 283 g/mol. The van der Waals surface area contributed by atoms with Crippen LogP contribution in [0.1, 0.15) is 11.4 Å². The molecule has 0 atom stereocenters. The number of nitrogens with one attached hydrogen (secondary N) is 2. The Kier molecular flexibility index (Phi) is 3.93. The zero-order valence-electron chi connectivity index (χ0n) is 10.9. The molecule has 2 aromatic rings. The van der Waals surface area contributed by atoms with Gasteiger partial charge in [0, 0.05) is 18.8 Å². The van der Waals surface area contributed by atoms with E-state index in [0.29, 0.717) is 11.3 Å². The second-order valence-corrected chi connectivity index (χ2v) is 4.03. The first-order valence-corrected chi connectivity index (χ1v) is 5.83. The highest BCUT2D eigenvalue weighted by Crippen LogP contribution is 2.29. The molecule has 0 saturated carbocycles. The highest BCUT2D eigenvalue weighted by molar-refractivity contribution is 5.60. The smallest absolute Gasteiger partial charge is 0.373 e. The number of nitriles is 1. The van der Waals surface area contributed by atoms with Gasteiger partial charge in [-0.1, -0.05) is 6.07 Å². The van der Waals surface area contributed by atoms with Crippen LogP contribution in [0.25, 0.3) is 0 Å². The average Bonchev–Trinajstić information content (AvgIpc) is 2.46. The summed E-state index contributed by atoms with van der Waals surface area (Å²) in [6.45, 7) is 0. The highest BCUT2D eigenvalue weighted by atomic mass is 19.4. The Morgan fingerprint density at radius 2 is 1.86 bits per heavy atom. The van der Waals surface area contributed by atoms with Gasteiger partial charge >= 0.3 is 6.18 Å². The van der Waals surface area contributed by atoms with E-state index in [4.69, 9.17) is 5.26 Å². The van der Waals surface area contributed by atoms with Gasteiger partial charge in [0.2, 0.25) is 5.82 Å². The molecule has 21 heavy (non-hydrogen) atoms. The minimum atomic E-state index is -4.64. The van der Waals surface area contributed by atoms with Crippen molar-refractivity contribution in [2.75, 3.05) is 17.7 Å². The molecule has 1 heterocycles. The van der Waals surface area contributed by atoms with E-state index < -0.39 is 12.0 Å². The van der Waals surface area contributed by atoms with Gasteiger partial charge in [-0.2, -0.15) is 18.4 Å². The molecule has 0 amide bonds. The van der Waals surface area contributed by atoms with Crippen molar-refractivity contribution >= 4 is 17.3 Å². The molecule has 0 fully saturated rings. The highest BCUT2D eigenvalue weighted by Gasteiger charge is 2.35. The summed E-state index contributed by atoms with van der Waals surface area (Å²) in [4.78, 5) is 6.79. The molecule has 0 aliphatic heterocycles. The van der Waals surface area contributed by atoms with Crippen LogP contribution in [0.4, 0.5) is 30.5 Å². The van der Waals surface area contributed by atoms with Gasteiger partial charge in [0.15, 0.2) is 0 Å². The fourth-order valence-electron chi connectivity index (χ4n) is 1.58. The third-order valence-electron chi connectivity index (χ3n) is 2.50. The molecule has 2 N–H and O–H groups in total. The van der Waals surface area contributed by atoms with Crippen LogP contribution in [-0.2, 0) is 6.18 Å². The zero-order valence-corrected chi connectivity index (χ0v) is 10.9. The van der Waals surface area contributed by atoms with Gasteiger partial charge in [-0.25, -0.2) is 9.97 Å². The summed E-state index contributed by atoms with van der Waals surface area (Å²) >= 11 is 0. The minimum Gasteiger partial charge on any atom is -0.373 e. The van der Waals surface area contributed by atoms with Crippen molar-refractivity contribution in [1.82, 2.24) is 9.97 Å². The van der Waals surface area contributed by atoms with E-state index >= 15 is 0 Å². The molecule has 108 valence electrons. The van der Waals surface area contributed by atoms with Crippen molar-refractivity contribution in [2.24, 2.45) is 0 Å². The van der Waals surface area contributed by atoms with Gasteiger partial charge in [-0.3, -0.25) is 0 Å². The van der Waals surface area contributed by atoms with Crippen LogP contribution >= 0.6 is 0 Å². The van der Waals surface area contributed by atoms with Crippen molar-refractivity contribution in [3.8, 4) is 6.07 Å². The molecule has 8 heteroatoms. The normalized spacial score (nSPS) is 10.8. The molecule has 1 aromatic heterocycles. The lowest BCUT2D eigenvalue weighted by atomic mass is 10.2. The molecule has 0 saturated heterocycles. The van der Waals surface area contributed by atoms with Gasteiger partial charge in [0.1, 0.15) is 11.6 Å². The summed E-state index contributed by atoms with van der Waals surface area (Å²) in [6, 6.07) is 9.62. The van der Waals surface area contributed by atoms with E-state index in [1.165, 1.54) is 19.2 Å². The molecule has 0 bridgehead atoms. The number of rotatable bonds is 3. The Balaban J connectivity index is 2.37. The van der Waals surface area contributed by atoms with Crippen LogP contribution in [-0.4, -0.2) is 17.0 Å². The first kappa shape index (κ1) is 14.6. The van der Waals surface area contributed by atoms with E-state index in [1.54, 1.807) is 18.2 Å². The first-order valence-electron chi connectivity index (χ1n) is 5.83. The van der Waals surface area contributed by atoms with E-state index in [2.05, 4.69) is 20.6 Å². The van der Waals surface area contributed by atoms with Crippen LogP contribution in [0.15, 0.2) is 30.3 Å². The van der Waals surface area contributed by atoms with Gasteiger partial charge < -0.3 is 10.6 Å². The van der Waals surface area contributed by atoms with Gasteiger partial charge in [0.25, 0.3) is 0 Å². The number of alkyl halides is 3. The van der Waals surface area contributed by atoms with Crippen molar-refractivity contribution < 1.29 is 13.2 Å². The third kappa shape index (κ3) is 3.60. The molecule has 0 spiro atoms. The van der Waals surface area contributed by atoms with Crippen LogP contribution in [0.3, 0.4) is 0 Å². The second-order valence-electron chi connectivity index (χ2n) is 4.03. The fourth-order valence-corrected chi connectivity index (χ4v) is 1.58. The zero-order chi connectivity index (χ0) is 15.5. The Morgan fingerprint density at radius 3 is 2.48 bits per heavy atom. The lowest BCUT2D eigenvalue weighted by Crippen LogP contribution is -2.13. The topological polar surface area (TPSA) is 73.6 Å². The summed E-state index contributed by atoms with van der Waals surface area (Å²) in [5.74, 6) is -1.22. The number of nitrogens with zero attached hydrogens (tertiary/aromatic N) is 3. The van der Waals surface area contributed by atoms with Crippen LogP contribution in [0.5, 0.6) is 0 Å². The van der Waals surface area contributed by atoms with Crippen molar-refractivity contribution in [2.45, 2.75) is 6.18 Å². The minimum absolute atomic E-state index is 0.0169. The lowest BCUT2D eigenvalue weighted by molar-refractivity contribution is -0.144. The number of benzene rings is 1. The van der Waals surface area contributed by atoms with Crippen LogP contribution < -0.4 is 10.6 Å². The Labute approximate surface area is 118 Å². The van der Waals surface area contributed by atoms with Gasteiger partial charge in [0.05, 0.1) is 11.6 Å². The molecule has 0 unspecified atom stereocenters.